The Kier molecular flexibility index (Phi) is 4.00. The van der Waals surface area contributed by atoms with E-state index < -0.39 is 0 Å². The molecule has 19 heavy (non-hydrogen) atoms. The molecule has 2 N–H and O–H groups in total. The maximum absolute atomic E-state index is 5.85. The van der Waals surface area contributed by atoms with Gasteiger partial charge in [0.25, 0.3) is 0 Å². The van der Waals surface area contributed by atoms with Crippen LogP contribution in [0.25, 0.3) is 0 Å². The number of anilines is 1. The summed E-state index contributed by atoms with van der Waals surface area (Å²) < 4.78 is 7.35. The van der Waals surface area contributed by atoms with Gasteiger partial charge in [-0.15, -0.1) is 0 Å². The fourth-order valence-corrected chi connectivity index (χ4v) is 1.90. The number of hydrogen-bond donors (Lipinski definition) is 1. The summed E-state index contributed by atoms with van der Waals surface area (Å²) >= 11 is 5.85. The Hall–Kier alpha value is -1.68. The van der Waals surface area contributed by atoms with Crippen molar-refractivity contribution in [1.29, 1.82) is 0 Å². The Morgan fingerprint density at radius 2 is 2.16 bits per heavy atom. The van der Waals surface area contributed by atoms with Gasteiger partial charge >= 0.3 is 0 Å². The van der Waals surface area contributed by atoms with E-state index in [9.17, 15) is 0 Å². The topological polar surface area (TPSA) is 53.1 Å². The van der Waals surface area contributed by atoms with Crippen LogP contribution in [0, 0.1) is 6.92 Å². The summed E-state index contributed by atoms with van der Waals surface area (Å²) in [6.07, 6.45) is 1.65. The molecule has 102 valence electrons. The van der Waals surface area contributed by atoms with Crippen LogP contribution in [-0.4, -0.2) is 9.78 Å². The maximum atomic E-state index is 5.85. The first-order chi connectivity index (χ1) is 8.97. The average Bonchev–Trinajstić information content (AvgIpc) is 2.67. The number of nitrogens with two attached hydrogens (primary N) is 1. The summed E-state index contributed by atoms with van der Waals surface area (Å²) in [7, 11) is 0. The lowest BCUT2D eigenvalue weighted by Gasteiger charge is -2.12. The predicted octanol–water partition coefficient (Wildman–Crippen LogP) is 3.59. The van der Waals surface area contributed by atoms with E-state index in [0.29, 0.717) is 23.5 Å². The summed E-state index contributed by atoms with van der Waals surface area (Å²) in [5, 5.41) is 4.49. The number of rotatable bonds is 4. The van der Waals surface area contributed by atoms with E-state index in [1.165, 1.54) is 5.56 Å². The second-order valence-corrected chi connectivity index (χ2v) is 5.26. The van der Waals surface area contributed by atoms with E-state index in [0.717, 1.165) is 11.3 Å². The van der Waals surface area contributed by atoms with Crippen LogP contribution in [0.3, 0.4) is 0 Å². The minimum Gasteiger partial charge on any atom is -0.471 e. The van der Waals surface area contributed by atoms with E-state index in [1.807, 2.05) is 6.92 Å². The monoisotopic (exact) mass is 279 g/mol. The highest BCUT2D eigenvalue weighted by atomic mass is 35.5. The second-order valence-electron chi connectivity index (χ2n) is 4.85. The molecule has 0 aliphatic heterocycles. The first-order valence-electron chi connectivity index (χ1n) is 6.19. The smallest absolute Gasteiger partial charge is 0.181 e. The molecule has 0 aliphatic carbocycles. The molecular formula is C14H18ClN3O. The molecule has 4 nitrogen and oxygen atoms in total. The number of hydrogen-bond acceptors (Lipinski definition) is 3. The first kappa shape index (κ1) is 13.7. The molecule has 1 aromatic heterocycles. The molecule has 0 amide bonds. The highest BCUT2D eigenvalue weighted by molar-refractivity contribution is 6.32. The van der Waals surface area contributed by atoms with E-state index in [1.54, 1.807) is 10.9 Å². The van der Waals surface area contributed by atoms with Crippen molar-refractivity contribution in [3.05, 3.63) is 40.5 Å². The van der Waals surface area contributed by atoms with Crippen molar-refractivity contribution in [1.82, 2.24) is 9.78 Å². The summed E-state index contributed by atoms with van der Waals surface area (Å²) in [4.78, 5) is 0. The lowest BCUT2D eigenvalue weighted by atomic mass is 10.0. The van der Waals surface area contributed by atoms with Crippen LogP contribution in [0.2, 0.25) is 5.02 Å². The molecule has 5 heteroatoms. The quantitative estimate of drug-likeness (QED) is 0.930. The van der Waals surface area contributed by atoms with Crippen molar-refractivity contribution in [3.8, 4) is 5.75 Å². The largest absolute Gasteiger partial charge is 0.471 e. The van der Waals surface area contributed by atoms with Gasteiger partial charge in [0.15, 0.2) is 12.5 Å². The van der Waals surface area contributed by atoms with Crippen molar-refractivity contribution < 1.29 is 4.74 Å². The van der Waals surface area contributed by atoms with Crippen LogP contribution >= 0.6 is 11.6 Å². The standard InChI is InChI=1S/C14H18ClN3O/c1-9(2)11-5-4-10(3)13(6-11)19-8-18-7-12(15)14(16)17-18/h4-7,9H,8H2,1-3H3,(H2,16,17). The maximum Gasteiger partial charge on any atom is 0.181 e. The second kappa shape index (κ2) is 5.53. The Balaban J connectivity index is 2.12. The van der Waals surface area contributed by atoms with Crippen LogP contribution in [0.15, 0.2) is 24.4 Å². The molecule has 0 unspecified atom stereocenters. The Morgan fingerprint density at radius 1 is 1.42 bits per heavy atom. The molecule has 2 rings (SSSR count). The lowest BCUT2D eigenvalue weighted by Crippen LogP contribution is -2.07. The van der Waals surface area contributed by atoms with Gasteiger partial charge in [-0.25, -0.2) is 4.68 Å². The molecule has 0 saturated heterocycles. The normalized spacial score (nSPS) is 11.0. The minimum absolute atomic E-state index is 0.291. The number of aromatic nitrogens is 2. The summed E-state index contributed by atoms with van der Waals surface area (Å²) in [5.74, 6) is 1.65. The zero-order chi connectivity index (χ0) is 14.0. The van der Waals surface area contributed by atoms with Crippen molar-refractivity contribution in [2.45, 2.75) is 33.4 Å². The summed E-state index contributed by atoms with van der Waals surface area (Å²) in [6, 6.07) is 6.25. The van der Waals surface area contributed by atoms with E-state index in [-0.39, 0.29) is 0 Å². The third-order valence-corrected chi connectivity index (χ3v) is 3.27. The van der Waals surface area contributed by atoms with Gasteiger partial charge in [0.2, 0.25) is 0 Å². The average molecular weight is 280 g/mol. The van der Waals surface area contributed by atoms with Crippen LogP contribution in [-0.2, 0) is 6.73 Å². The zero-order valence-electron chi connectivity index (χ0n) is 11.4. The van der Waals surface area contributed by atoms with Crippen LogP contribution in [0.1, 0.15) is 30.9 Å². The molecule has 1 aromatic carbocycles. The lowest BCUT2D eigenvalue weighted by molar-refractivity contribution is 0.220. The molecule has 2 aromatic rings. The molecular weight excluding hydrogens is 262 g/mol. The zero-order valence-corrected chi connectivity index (χ0v) is 12.1. The number of ether oxygens (including phenoxy) is 1. The third kappa shape index (κ3) is 3.20. The van der Waals surface area contributed by atoms with Crippen LogP contribution in [0.5, 0.6) is 5.75 Å². The number of nitrogens with zero attached hydrogens (tertiary/aromatic N) is 2. The van der Waals surface area contributed by atoms with E-state index >= 15 is 0 Å². The van der Waals surface area contributed by atoms with Crippen molar-refractivity contribution in [2.24, 2.45) is 0 Å². The highest BCUT2D eigenvalue weighted by Gasteiger charge is 2.06. The Bertz CT molecular complexity index is 559. The van der Waals surface area contributed by atoms with Gasteiger partial charge in [0.1, 0.15) is 10.8 Å². The van der Waals surface area contributed by atoms with Gasteiger partial charge in [0, 0.05) is 6.20 Å². The Morgan fingerprint density at radius 3 is 2.74 bits per heavy atom. The van der Waals surface area contributed by atoms with Gasteiger partial charge in [-0.05, 0) is 30.0 Å². The van der Waals surface area contributed by atoms with Crippen molar-refractivity contribution in [2.75, 3.05) is 5.73 Å². The molecule has 0 radical (unpaired) electrons. The molecule has 0 bridgehead atoms. The fourth-order valence-electron chi connectivity index (χ4n) is 1.75. The molecule has 0 aliphatic rings. The number of halogens is 1. The van der Waals surface area contributed by atoms with Gasteiger partial charge in [0.05, 0.1) is 0 Å². The first-order valence-corrected chi connectivity index (χ1v) is 6.57. The van der Waals surface area contributed by atoms with Gasteiger partial charge in [-0.3, -0.25) is 0 Å². The van der Waals surface area contributed by atoms with E-state index in [4.69, 9.17) is 22.1 Å². The third-order valence-electron chi connectivity index (χ3n) is 2.97. The summed E-state index contributed by atoms with van der Waals surface area (Å²) in [6.45, 7) is 6.62. The van der Waals surface area contributed by atoms with Gasteiger partial charge in [-0.2, -0.15) is 5.10 Å². The fraction of sp³-hybridized carbons (Fsp3) is 0.357. The minimum atomic E-state index is 0.291. The van der Waals surface area contributed by atoms with Crippen LogP contribution < -0.4 is 10.5 Å². The molecule has 1 heterocycles. The molecule has 0 spiro atoms. The van der Waals surface area contributed by atoms with Crippen LogP contribution in [0.4, 0.5) is 5.82 Å². The highest BCUT2D eigenvalue weighted by Crippen LogP contribution is 2.24. The molecule has 0 saturated carbocycles. The molecule has 0 fully saturated rings. The Labute approximate surface area is 118 Å². The number of benzene rings is 1. The van der Waals surface area contributed by atoms with Gasteiger partial charge < -0.3 is 10.5 Å². The predicted molar refractivity (Wildman–Crippen MR) is 77.5 cm³/mol. The molecule has 0 atom stereocenters. The van der Waals surface area contributed by atoms with Crippen molar-refractivity contribution >= 4 is 17.4 Å². The van der Waals surface area contributed by atoms with Gasteiger partial charge in [-0.1, -0.05) is 37.6 Å². The van der Waals surface area contributed by atoms with E-state index in [2.05, 4.69) is 37.1 Å². The number of aryl methyl sites for hydroxylation is 1. The number of nitrogen functional groups attached to an aromatic ring is 1. The summed E-state index contributed by atoms with van der Waals surface area (Å²) in [5.41, 5.74) is 7.93. The SMILES string of the molecule is Cc1ccc(C(C)C)cc1OCn1cc(Cl)c(N)n1. The van der Waals surface area contributed by atoms with Crippen molar-refractivity contribution in [3.63, 3.8) is 0 Å².